The van der Waals surface area contributed by atoms with E-state index in [1.807, 2.05) is 0 Å². The van der Waals surface area contributed by atoms with Gasteiger partial charge in [0.2, 0.25) is 0 Å². The van der Waals surface area contributed by atoms with Crippen LogP contribution < -0.4 is 5.32 Å². The zero-order chi connectivity index (χ0) is 9.71. The van der Waals surface area contributed by atoms with Gasteiger partial charge in [-0.25, -0.2) is 0 Å². The number of imide groups is 1. The standard InChI is InChI=1S/C9H12N2O3/c12-8-6-1-2-7(14-6)9(13)11(8)5-3-10-4-5/h5-7,10H,1-4H2. The van der Waals surface area contributed by atoms with E-state index in [4.69, 9.17) is 4.74 Å². The Balaban J connectivity index is 1.88. The topological polar surface area (TPSA) is 58.6 Å². The molecule has 2 bridgehead atoms. The number of nitrogens with zero attached hydrogens (tertiary/aromatic N) is 1. The van der Waals surface area contributed by atoms with Gasteiger partial charge in [-0.3, -0.25) is 14.5 Å². The molecule has 2 unspecified atom stereocenters. The molecule has 5 nitrogen and oxygen atoms in total. The maximum atomic E-state index is 11.8. The van der Waals surface area contributed by atoms with Crippen LogP contribution in [0.15, 0.2) is 0 Å². The molecule has 14 heavy (non-hydrogen) atoms. The van der Waals surface area contributed by atoms with Gasteiger partial charge < -0.3 is 10.1 Å². The number of likely N-dealkylation sites (tertiary alicyclic amines) is 1. The first-order valence-electron chi connectivity index (χ1n) is 5.00. The van der Waals surface area contributed by atoms with E-state index in [0.29, 0.717) is 12.8 Å². The quantitative estimate of drug-likeness (QED) is 0.539. The third-order valence-corrected chi connectivity index (χ3v) is 3.17. The van der Waals surface area contributed by atoms with E-state index < -0.39 is 0 Å². The summed E-state index contributed by atoms with van der Waals surface area (Å²) in [4.78, 5) is 25.0. The SMILES string of the molecule is O=C1C2CCC(O2)C(=O)N1C1CNC1. The lowest BCUT2D eigenvalue weighted by atomic mass is 10.1. The molecular formula is C9H12N2O3. The number of carbonyl (C=O) groups is 2. The number of ether oxygens (including phenoxy) is 1. The largest absolute Gasteiger partial charge is 0.355 e. The Morgan fingerprint density at radius 3 is 2.14 bits per heavy atom. The molecule has 3 aliphatic heterocycles. The number of nitrogens with one attached hydrogen (secondary N) is 1. The van der Waals surface area contributed by atoms with E-state index in [0.717, 1.165) is 13.1 Å². The minimum Gasteiger partial charge on any atom is -0.355 e. The molecule has 3 rings (SSSR count). The van der Waals surface area contributed by atoms with Crippen LogP contribution in [0.5, 0.6) is 0 Å². The summed E-state index contributed by atoms with van der Waals surface area (Å²) in [5, 5.41) is 3.06. The van der Waals surface area contributed by atoms with E-state index in [-0.39, 0.29) is 30.1 Å². The minimum absolute atomic E-state index is 0.0713. The van der Waals surface area contributed by atoms with Gasteiger partial charge in [-0.05, 0) is 12.8 Å². The molecule has 0 spiro atoms. The normalized spacial score (nSPS) is 37.6. The van der Waals surface area contributed by atoms with Crippen LogP contribution >= 0.6 is 0 Å². The van der Waals surface area contributed by atoms with Crippen molar-refractivity contribution in [2.45, 2.75) is 31.1 Å². The van der Waals surface area contributed by atoms with Crippen molar-refractivity contribution in [2.75, 3.05) is 13.1 Å². The van der Waals surface area contributed by atoms with Crippen molar-refractivity contribution in [1.82, 2.24) is 10.2 Å². The maximum Gasteiger partial charge on any atom is 0.258 e. The molecular weight excluding hydrogens is 184 g/mol. The zero-order valence-corrected chi connectivity index (χ0v) is 7.73. The van der Waals surface area contributed by atoms with Crippen LogP contribution in [-0.2, 0) is 14.3 Å². The summed E-state index contributed by atoms with van der Waals surface area (Å²) in [5.74, 6) is -0.259. The molecule has 2 amide bonds. The first-order valence-corrected chi connectivity index (χ1v) is 5.00. The van der Waals surface area contributed by atoms with Gasteiger partial charge in [-0.1, -0.05) is 0 Å². The summed E-state index contributed by atoms with van der Waals surface area (Å²) >= 11 is 0. The van der Waals surface area contributed by atoms with Crippen LogP contribution in [0.2, 0.25) is 0 Å². The first-order chi connectivity index (χ1) is 6.77. The number of hydrogen-bond donors (Lipinski definition) is 1. The number of carbonyl (C=O) groups excluding carboxylic acids is 2. The second-order valence-electron chi connectivity index (χ2n) is 4.05. The van der Waals surface area contributed by atoms with Crippen LogP contribution in [0.25, 0.3) is 0 Å². The van der Waals surface area contributed by atoms with Crippen LogP contribution in [0.3, 0.4) is 0 Å². The molecule has 0 aromatic carbocycles. The van der Waals surface area contributed by atoms with E-state index in [1.165, 1.54) is 4.90 Å². The fourth-order valence-electron chi connectivity index (χ4n) is 2.24. The minimum atomic E-state index is -0.349. The monoisotopic (exact) mass is 196 g/mol. The molecule has 0 aromatic heterocycles. The van der Waals surface area contributed by atoms with Crippen molar-refractivity contribution in [2.24, 2.45) is 0 Å². The summed E-state index contributed by atoms with van der Waals surface area (Å²) in [6.45, 7) is 1.47. The molecule has 2 atom stereocenters. The van der Waals surface area contributed by atoms with E-state index in [2.05, 4.69) is 5.32 Å². The fourth-order valence-corrected chi connectivity index (χ4v) is 2.24. The Bertz CT molecular complexity index is 278. The number of amides is 2. The highest BCUT2D eigenvalue weighted by Crippen LogP contribution is 2.30. The summed E-state index contributed by atoms with van der Waals surface area (Å²) < 4.78 is 5.31. The lowest BCUT2D eigenvalue weighted by molar-refractivity contribution is -0.172. The lowest BCUT2D eigenvalue weighted by Crippen LogP contribution is -2.65. The first kappa shape index (κ1) is 8.38. The van der Waals surface area contributed by atoms with Crippen molar-refractivity contribution in [3.8, 4) is 0 Å². The van der Waals surface area contributed by atoms with E-state index >= 15 is 0 Å². The highest BCUT2D eigenvalue weighted by molar-refractivity contribution is 6.02. The third-order valence-electron chi connectivity index (χ3n) is 3.17. The molecule has 0 aliphatic carbocycles. The van der Waals surface area contributed by atoms with Gasteiger partial charge in [-0.15, -0.1) is 0 Å². The summed E-state index contributed by atoms with van der Waals surface area (Å²) in [6.07, 6.45) is 0.703. The Labute approximate surface area is 81.4 Å². The van der Waals surface area contributed by atoms with Gasteiger partial charge >= 0.3 is 0 Å². The summed E-state index contributed by atoms with van der Waals surface area (Å²) in [5.41, 5.74) is 0. The Kier molecular flexibility index (Phi) is 1.66. The van der Waals surface area contributed by atoms with E-state index in [9.17, 15) is 9.59 Å². The number of morpholine rings is 1. The van der Waals surface area contributed by atoms with Crippen molar-refractivity contribution < 1.29 is 14.3 Å². The number of rotatable bonds is 1. The number of fused-ring (bicyclic) bond motifs is 2. The van der Waals surface area contributed by atoms with Crippen molar-refractivity contribution >= 4 is 11.8 Å². The van der Waals surface area contributed by atoms with Crippen molar-refractivity contribution in [1.29, 1.82) is 0 Å². The van der Waals surface area contributed by atoms with Gasteiger partial charge in [0.05, 0.1) is 6.04 Å². The highest BCUT2D eigenvalue weighted by Gasteiger charge is 2.49. The molecule has 0 saturated carbocycles. The summed E-state index contributed by atoms with van der Waals surface area (Å²) in [7, 11) is 0. The zero-order valence-electron chi connectivity index (χ0n) is 7.73. The van der Waals surface area contributed by atoms with Crippen molar-refractivity contribution in [3.63, 3.8) is 0 Å². The molecule has 5 heteroatoms. The average molecular weight is 196 g/mol. The van der Waals surface area contributed by atoms with Crippen LogP contribution in [0.1, 0.15) is 12.8 Å². The smallest absolute Gasteiger partial charge is 0.258 e. The molecule has 0 radical (unpaired) electrons. The second-order valence-corrected chi connectivity index (χ2v) is 4.05. The second kappa shape index (κ2) is 2.77. The van der Waals surface area contributed by atoms with Crippen LogP contribution in [0.4, 0.5) is 0 Å². The van der Waals surface area contributed by atoms with Gasteiger partial charge in [0.25, 0.3) is 11.8 Å². The Morgan fingerprint density at radius 1 is 1.14 bits per heavy atom. The number of hydrogen-bond acceptors (Lipinski definition) is 4. The van der Waals surface area contributed by atoms with Crippen LogP contribution in [-0.4, -0.2) is 48.1 Å². The van der Waals surface area contributed by atoms with Gasteiger partial charge in [0.15, 0.2) is 0 Å². The molecule has 1 N–H and O–H groups in total. The molecule has 3 saturated heterocycles. The van der Waals surface area contributed by atoms with Gasteiger partial charge in [0, 0.05) is 13.1 Å². The van der Waals surface area contributed by atoms with Gasteiger partial charge in [0.1, 0.15) is 12.2 Å². The predicted molar refractivity (Wildman–Crippen MR) is 46.4 cm³/mol. The van der Waals surface area contributed by atoms with Crippen molar-refractivity contribution in [3.05, 3.63) is 0 Å². The van der Waals surface area contributed by atoms with Gasteiger partial charge in [-0.2, -0.15) is 0 Å². The molecule has 3 fully saturated rings. The van der Waals surface area contributed by atoms with E-state index in [1.54, 1.807) is 0 Å². The Hall–Kier alpha value is -0.940. The van der Waals surface area contributed by atoms with Crippen LogP contribution in [0, 0.1) is 0 Å². The molecule has 3 aliphatic rings. The predicted octanol–water partition coefficient (Wildman–Crippen LogP) is -1.13. The Morgan fingerprint density at radius 2 is 1.71 bits per heavy atom. The highest BCUT2D eigenvalue weighted by atomic mass is 16.5. The molecule has 3 heterocycles. The lowest BCUT2D eigenvalue weighted by Gasteiger charge is -2.40. The average Bonchev–Trinajstić information content (AvgIpc) is 2.52. The summed E-state index contributed by atoms with van der Waals surface area (Å²) in [6, 6.07) is 0.0713. The molecule has 0 aromatic rings. The third kappa shape index (κ3) is 0.965. The fraction of sp³-hybridized carbons (Fsp3) is 0.778. The molecule has 76 valence electrons. The maximum absolute atomic E-state index is 11.8.